The van der Waals surface area contributed by atoms with E-state index in [1.807, 2.05) is 0 Å². The summed E-state index contributed by atoms with van der Waals surface area (Å²) in [6.45, 7) is 2.14. The number of carbonyl (C=O) groups excluding carboxylic acids is 2. The number of rotatable bonds is 4. The molecule has 1 aliphatic rings. The van der Waals surface area contributed by atoms with Crippen LogP contribution in [0.2, 0.25) is 0 Å². The number of hydrogen-bond donors (Lipinski definition) is 1. The second kappa shape index (κ2) is 6.37. The van der Waals surface area contributed by atoms with E-state index in [0.717, 1.165) is 0 Å². The molecule has 1 unspecified atom stereocenters. The minimum atomic E-state index is -0.663. The maximum Gasteiger partial charge on any atom is 0.342 e. The van der Waals surface area contributed by atoms with Crippen molar-refractivity contribution in [3.05, 3.63) is 34.8 Å². The molecule has 1 aromatic carbocycles. The quantitative estimate of drug-likeness (QED) is 0.809. The van der Waals surface area contributed by atoms with Gasteiger partial charge in [-0.3, -0.25) is 4.79 Å². The first-order valence-electron chi connectivity index (χ1n) is 6.87. The van der Waals surface area contributed by atoms with E-state index in [1.54, 1.807) is 29.8 Å². The average molecular weight is 381 g/mol. The van der Waals surface area contributed by atoms with Crippen LogP contribution in [0.3, 0.4) is 0 Å². The molecule has 0 bridgehead atoms. The molecular formula is C14H13BrN4O4. The minimum absolute atomic E-state index is 0.139. The van der Waals surface area contributed by atoms with Gasteiger partial charge >= 0.3 is 5.97 Å². The topological polar surface area (TPSA) is 95.3 Å². The number of amides is 1. The highest BCUT2D eigenvalue weighted by atomic mass is 79.9. The van der Waals surface area contributed by atoms with Crippen molar-refractivity contribution < 1.29 is 19.1 Å². The number of para-hydroxylation sites is 1. The summed E-state index contributed by atoms with van der Waals surface area (Å²) in [6, 6.07) is 4.92. The van der Waals surface area contributed by atoms with Gasteiger partial charge in [-0.2, -0.15) is 0 Å². The van der Waals surface area contributed by atoms with E-state index in [2.05, 4.69) is 31.3 Å². The Balaban J connectivity index is 1.68. The van der Waals surface area contributed by atoms with Crippen LogP contribution in [0.25, 0.3) is 0 Å². The van der Waals surface area contributed by atoms with Gasteiger partial charge in [-0.15, -0.1) is 5.10 Å². The number of halogens is 1. The zero-order chi connectivity index (χ0) is 16.4. The Hall–Kier alpha value is -2.42. The normalized spacial score (nSPS) is 16.3. The van der Waals surface area contributed by atoms with Crippen LogP contribution in [0.4, 0.5) is 5.69 Å². The molecule has 23 heavy (non-hydrogen) atoms. The molecule has 0 spiro atoms. The molecule has 8 nitrogen and oxygen atoms in total. The molecule has 0 aliphatic carbocycles. The highest BCUT2D eigenvalue weighted by Gasteiger charge is 2.28. The van der Waals surface area contributed by atoms with Crippen LogP contribution in [0, 0.1) is 0 Å². The van der Waals surface area contributed by atoms with Crippen molar-refractivity contribution in [1.29, 1.82) is 0 Å². The molecular weight excluding hydrogens is 368 g/mol. The molecule has 2 aromatic rings. The lowest BCUT2D eigenvalue weighted by Gasteiger charge is -2.24. The van der Waals surface area contributed by atoms with Crippen LogP contribution in [0.1, 0.15) is 17.3 Å². The first-order chi connectivity index (χ1) is 11.0. The standard InChI is InChI=1S/C14H13BrN4O4/c1-8-12(20)17-10-4-2-3-9(11(10)23-8)13(21)22-6-5-19-7-16-14(15)18-19/h2-4,7-8H,5-6H2,1H3,(H,17,20). The number of benzene rings is 1. The molecule has 1 aromatic heterocycles. The average Bonchev–Trinajstić information content (AvgIpc) is 2.93. The van der Waals surface area contributed by atoms with Crippen LogP contribution in [0.5, 0.6) is 5.75 Å². The predicted octanol–water partition coefficient (Wildman–Crippen LogP) is 1.62. The number of aromatic nitrogens is 3. The molecule has 0 saturated carbocycles. The number of fused-ring (bicyclic) bond motifs is 1. The Morgan fingerprint density at radius 3 is 3.09 bits per heavy atom. The van der Waals surface area contributed by atoms with Gasteiger partial charge in [-0.05, 0) is 35.0 Å². The van der Waals surface area contributed by atoms with Crippen molar-refractivity contribution in [3.8, 4) is 5.75 Å². The van der Waals surface area contributed by atoms with Gasteiger partial charge in [0, 0.05) is 0 Å². The van der Waals surface area contributed by atoms with Crippen LogP contribution >= 0.6 is 15.9 Å². The highest BCUT2D eigenvalue weighted by Crippen LogP contribution is 2.33. The van der Waals surface area contributed by atoms with Gasteiger partial charge in [-0.25, -0.2) is 14.5 Å². The number of nitrogens with zero attached hydrogens (tertiary/aromatic N) is 3. The number of esters is 1. The van der Waals surface area contributed by atoms with Gasteiger partial charge in [-0.1, -0.05) is 6.07 Å². The van der Waals surface area contributed by atoms with Gasteiger partial charge in [0.05, 0.1) is 12.2 Å². The number of anilines is 1. The highest BCUT2D eigenvalue weighted by molar-refractivity contribution is 9.10. The predicted molar refractivity (Wildman–Crippen MR) is 83.2 cm³/mol. The molecule has 1 aliphatic heterocycles. The largest absolute Gasteiger partial charge is 0.478 e. The second-order valence-electron chi connectivity index (χ2n) is 4.84. The number of carbonyl (C=O) groups is 2. The van der Waals surface area contributed by atoms with Gasteiger partial charge in [0.1, 0.15) is 18.5 Å². The molecule has 9 heteroatoms. The van der Waals surface area contributed by atoms with Crippen LogP contribution < -0.4 is 10.1 Å². The summed E-state index contributed by atoms with van der Waals surface area (Å²) in [5.74, 6) is -0.447. The first-order valence-corrected chi connectivity index (χ1v) is 7.66. The Morgan fingerprint density at radius 1 is 1.52 bits per heavy atom. The zero-order valence-electron chi connectivity index (χ0n) is 12.2. The lowest BCUT2D eigenvalue weighted by atomic mass is 10.1. The van der Waals surface area contributed by atoms with Gasteiger partial charge in [0.15, 0.2) is 11.9 Å². The third-order valence-corrected chi connectivity index (χ3v) is 3.58. The van der Waals surface area contributed by atoms with E-state index in [4.69, 9.17) is 9.47 Å². The van der Waals surface area contributed by atoms with Gasteiger partial charge in [0.25, 0.3) is 5.91 Å². The SMILES string of the molecule is CC1Oc2c(cccc2C(=O)OCCn2cnc(Br)n2)NC1=O. The van der Waals surface area contributed by atoms with Crippen molar-refractivity contribution in [1.82, 2.24) is 14.8 Å². The number of nitrogens with one attached hydrogen (secondary N) is 1. The van der Waals surface area contributed by atoms with Crippen molar-refractivity contribution in [2.24, 2.45) is 0 Å². The Labute approximate surface area is 139 Å². The molecule has 2 heterocycles. The van der Waals surface area contributed by atoms with E-state index in [0.29, 0.717) is 22.7 Å². The summed E-state index contributed by atoms with van der Waals surface area (Å²) >= 11 is 3.14. The number of ether oxygens (including phenoxy) is 2. The van der Waals surface area contributed by atoms with Crippen molar-refractivity contribution in [2.45, 2.75) is 19.6 Å². The number of hydrogen-bond acceptors (Lipinski definition) is 6. The van der Waals surface area contributed by atoms with E-state index >= 15 is 0 Å². The molecule has 0 fully saturated rings. The van der Waals surface area contributed by atoms with E-state index in [1.165, 1.54) is 6.33 Å². The lowest BCUT2D eigenvalue weighted by Crippen LogP contribution is -2.35. The van der Waals surface area contributed by atoms with E-state index in [9.17, 15) is 9.59 Å². The Kier molecular flexibility index (Phi) is 4.28. The molecule has 120 valence electrons. The monoisotopic (exact) mass is 380 g/mol. The fraction of sp³-hybridized carbons (Fsp3) is 0.286. The fourth-order valence-corrected chi connectivity index (χ4v) is 2.37. The third-order valence-electron chi connectivity index (χ3n) is 3.22. The summed E-state index contributed by atoms with van der Waals surface area (Å²) in [4.78, 5) is 27.7. The Bertz CT molecular complexity index is 761. The van der Waals surface area contributed by atoms with Crippen LogP contribution in [-0.4, -0.2) is 39.4 Å². The molecule has 3 rings (SSSR count). The molecule has 1 amide bonds. The summed E-state index contributed by atoms with van der Waals surface area (Å²) in [5, 5.41) is 6.72. The minimum Gasteiger partial charge on any atom is -0.478 e. The zero-order valence-corrected chi connectivity index (χ0v) is 13.7. The molecule has 1 atom stereocenters. The maximum atomic E-state index is 12.2. The summed E-state index contributed by atoms with van der Waals surface area (Å²) in [6.07, 6.45) is 0.867. The summed E-state index contributed by atoms with van der Waals surface area (Å²) in [5.41, 5.74) is 0.733. The third kappa shape index (κ3) is 3.34. The molecule has 0 radical (unpaired) electrons. The fourth-order valence-electron chi connectivity index (χ4n) is 2.08. The van der Waals surface area contributed by atoms with Gasteiger partial charge in [0.2, 0.25) is 4.73 Å². The lowest BCUT2D eigenvalue weighted by molar-refractivity contribution is -0.122. The van der Waals surface area contributed by atoms with Gasteiger partial charge < -0.3 is 14.8 Å². The Morgan fingerprint density at radius 2 is 2.35 bits per heavy atom. The second-order valence-corrected chi connectivity index (χ2v) is 5.55. The first kappa shape index (κ1) is 15.5. The van der Waals surface area contributed by atoms with Crippen LogP contribution in [-0.2, 0) is 16.1 Å². The van der Waals surface area contributed by atoms with Crippen molar-refractivity contribution >= 4 is 33.5 Å². The van der Waals surface area contributed by atoms with Crippen LogP contribution in [0.15, 0.2) is 29.3 Å². The smallest absolute Gasteiger partial charge is 0.342 e. The maximum absolute atomic E-state index is 12.2. The van der Waals surface area contributed by atoms with Crippen molar-refractivity contribution in [3.63, 3.8) is 0 Å². The summed E-state index contributed by atoms with van der Waals surface area (Å²) < 4.78 is 12.8. The van der Waals surface area contributed by atoms with E-state index in [-0.39, 0.29) is 18.1 Å². The van der Waals surface area contributed by atoms with Crippen molar-refractivity contribution in [2.75, 3.05) is 11.9 Å². The molecule has 1 N–H and O–H groups in total. The van der Waals surface area contributed by atoms with E-state index < -0.39 is 12.1 Å². The molecule has 0 saturated heterocycles. The summed E-state index contributed by atoms with van der Waals surface area (Å²) in [7, 11) is 0.